The van der Waals surface area contributed by atoms with E-state index in [0.717, 1.165) is 16.5 Å². The van der Waals surface area contributed by atoms with E-state index in [4.69, 9.17) is 4.42 Å². The van der Waals surface area contributed by atoms with E-state index in [1.54, 1.807) is 19.1 Å². The predicted octanol–water partition coefficient (Wildman–Crippen LogP) is 4.82. The number of carbonyl (C=O) groups excluding carboxylic acids is 1. The minimum atomic E-state index is -0.499. The summed E-state index contributed by atoms with van der Waals surface area (Å²) in [5, 5.41) is 23.7. The summed E-state index contributed by atoms with van der Waals surface area (Å²) in [6.07, 6.45) is 1.71. The zero-order valence-electron chi connectivity index (χ0n) is 17.1. The molecule has 9 nitrogen and oxygen atoms in total. The van der Waals surface area contributed by atoms with Gasteiger partial charge in [-0.25, -0.2) is 0 Å². The van der Waals surface area contributed by atoms with Gasteiger partial charge in [0.1, 0.15) is 5.58 Å². The molecule has 2 aromatic carbocycles. The maximum absolute atomic E-state index is 12.5. The van der Waals surface area contributed by atoms with E-state index in [1.165, 1.54) is 23.9 Å². The number of nitro groups is 1. The number of nitro benzene ring substituents is 1. The van der Waals surface area contributed by atoms with Gasteiger partial charge >= 0.3 is 0 Å². The third-order valence-electron chi connectivity index (χ3n) is 4.71. The number of hydrogen-bond acceptors (Lipinski definition) is 7. The predicted molar refractivity (Wildman–Crippen MR) is 123 cm³/mol. The molecule has 0 atom stereocenters. The molecule has 0 saturated heterocycles. The Morgan fingerprint density at radius 2 is 2.09 bits per heavy atom. The number of carbonyl (C=O) groups is 1. The Bertz CT molecular complexity index is 1290. The normalized spacial score (nSPS) is 10.9. The first kappa shape index (κ1) is 21.3. The first-order valence-corrected chi connectivity index (χ1v) is 10.7. The zero-order chi connectivity index (χ0) is 22.7. The van der Waals surface area contributed by atoms with Gasteiger partial charge in [0.05, 0.1) is 16.4 Å². The molecule has 1 amide bonds. The summed E-state index contributed by atoms with van der Waals surface area (Å²) >= 11 is 1.21. The van der Waals surface area contributed by atoms with Crippen LogP contribution in [-0.4, -0.2) is 31.3 Å². The summed E-state index contributed by atoms with van der Waals surface area (Å²) in [7, 11) is 0. The summed E-state index contributed by atoms with van der Waals surface area (Å²) in [6.45, 7) is 6.00. The lowest BCUT2D eigenvalue weighted by molar-refractivity contribution is -0.384. The molecule has 0 unspecified atom stereocenters. The maximum Gasteiger partial charge on any atom is 0.271 e. The quantitative estimate of drug-likeness (QED) is 0.177. The van der Waals surface area contributed by atoms with Gasteiger partial charge in [0.2, 0.25) is 11.7 Å². The Morgan fingerprint density at radius 3 is 2.84 bits per heavy atom. The lowest BCUT2D eigenvalue weighted by atomic mass is 10.2. The average molecular weight is 449 g/mol. The molecule has 1 N–H and O–H groups in total. The lowest BCUT2D eigenvalue weighted by Crippen LogP contribution is -2.15. The van der Waals surface area contributed by atoms with E-state index in [0.29, 0.717) is 29.0 Å². The van der Waals surface area contributed by atoms with E-state index < -0.39 is 4.92 Å². The number of rotatable bonds is 8. The molecule has 2 aromatic heterocycles. The van der Waals surface area contributed by atoms with Gasteiger partial charge in [-0.15, -0.1) is 16.8 Å². The number of allylic oxidation sites excluding steroid dienone is 1. The number of aromatic nitrogens is 3. The van der Waals surface area contributed by atoms with Gasteiger partial charge < -0.3 is 9.73 Å². The highest BCUT2D eigenvalue weighted by Crippen LogP contribution is 2.29. The van der Waals surface area contributed by atoms with Crippen LogP contribution in [0.1, 0.15) is 5.56 Å². The minimum Gasteiger partial charge on any atom is -0.453 e. The molecule has 0 bridgehead atoms. The largest absolute Gasteiger partial charge is 0.453 e. The lowest BCUT2D eigenvalue weighted by Gasteiger charge is -2.09. The van der Waals surface area contributed by atoms with Crippen molar-refractivity contribution in [2.45, 2.75) is 18.6 Å². The van der Waals surface area contributed by atoms with Crippen molar-refractivity contribution in [3.8, 4) is 11.6 Å². The highest BCUT2D eigenvalue weighted by molar-refractivity contribution is 7.99. The minimum absolute atomic E-state index is 0.0531. The van der Waals surface area contributed by atoms with Gasteiger partial charge in [0.15, 0.2) is 10.9 Å². The Morgan fingerprint density at radius 1 is 1.28 bits per heavy atom. The summed E-state index contributed by atoms with van der Waals surface area (Å²) in [5.41, 5.74) is 1.80. The molecule has 0 aliphatic heterocycles. The molecule has 10 heteroatoms. The number of para-hydroxylation sites is 1. The number of nitrogens with zero attached hydrogens (tertiary/aromatic N) is 4. The fourth-order valence-electron chi connectivity index (χ4n) is 3.14. The molecular formula is C22H19N5O4S. The molecule has 0 saturated carbocycles. The Labute approximate surface area is 187 Å². The van der Waals surface area contributed by atoms with Gasteiger partial charge in [-0.2, -0.15) is 0 Å². The second kappa shape index (κ2) is 9.06. The fraction of sp³-hybridized carbons (Fsp3) is 0.136. The highest BCUT2D eigenvalue weighted by atomic mass is 32.2. The molecule has 4 rings (SSSR count). The van der Waals surface area contributed by atoms with Crippen LogP contribution in [0.2, 0.25) is 0 Å². The Balaban J connectivity index is 1.51. The second-order valence-corrected chi connectivity index (χ2v) is 7.89. The van der Waals surface area contributed by atoms with Crippen LogP contribution >= 0.6 is 11.8 Å². The van der Waals surface area contributed by atoms with Crippen molar-refractivity contribution in [2.75, 3.05) is 11.1 Å². The van der Waals surface area contributed by atoms with Crippen molar-refractivity contribution in [1.82, 2.24) is 14.8 Å². The second-order valence-electron chi connectivity index (χ2n) is 6.95. The number of hydrogen-bond donors (Lipinski definition) is 1. The number of fused-ring (bicyclic) bond motifs is 1. The van der Waals surface area contributed by atoms with Crippen LogP contribution in [-0.2, 0) is 11.3 Å². The van der Waals surface area contributed by atoms with Crippen molar-refractivity contribution < 1.29 is 14.1 Å². The summed E-state index contributed by atoms with van der Waals surface area (Å²) < 4.78 is 7.72. The number of anilines is 1. The van der Waals surface area contributed by atoms with Crippen molar-refractivity contribution in [3.05, 3.63) is 76.9 Å². The zero-order valence-corrected chi connectivity index (χ0v) is 18.0. The molecule has 0 spiro atoms. The number of thioether (sulfide) groups is 1. The van der Waals surface area contributed by atoms with Crippen LogP contribution in [0, 0.1) is 17.0 Å². The van der Waals surface area contributed by atoms with Gasteiger partial charge in [-0.1, -0.05) is 42.1 Å². The number of furan rings is 1. The molecule has 0 aliphatic carbocycles. The average Bonchev–Trinajstić information content (AvgIpc) is 3.37. The summed E-state index contributed by atoms with van der Waals surface area (Å²) in [4.78, 5) is 23.0. The number of benzene rings is 2. The Hall–Kier alpha value is -3.92. The van der Waals surface area contributed by atoms with Crippen molar-refractivity contribution in [3.63, 3.8) is 0 Å². The first-order valence-electron chi connectivity index (χ1n) is 9.67. The highest BCUT2D eigenvalue weighted by Gasteiger charge is 2.18. The van der Waals surface area contributed by atoms with Crippen molar-refractivity contribution in [1.29, 1.82) is 0 Å². The van der Waals surface area contributed by atoms with Crippen LogP contribution in [0.3, 0.4) is 0 Å². The van der Waals surface area contributed by atoms with E-state index in [1.807, 2.05) is 34.9 Å². The molecule has 4 aromatic rings. The SMILES string of the molecule is C=CCn1c(SCC(=O)Nc2cc([N+](=O)[O-])ccc2C)nnc1-c1cc2ccccc2o1. The molecule has 2 heterocycles. The Kier molecular flexibility index (Phi) is 6.04. The number of non-ortho nitro benzene ring substituents is 1. The number of amides is 1. The van der Waals surface area contributed by atoms with Crippen molar-refractivity contribution >= 4 is 40.0 Å². The molecule has 0 fully saturated rings. The standard InChI is InChI=1S/C22H19N5O4S/c1-3-10-26-21(19-11-15-6-4-5-7-18(15)31-19)24-25-22(26)32-13-20(28)23-17-12-16(27(29)30)9-8-14(17)2/h3-9,11-12H,1,10,13H2,2H3,(H,23,28). The smallest absolute Gasteiger partial charge is 0.271 e. The van der Waals surface area contributed by atoms with Gasteiger partial charge in [0.25, 0.3) is 5.69 Å². The molecular weight excluding hydrogens is 430 g/mol. The fourth-order valence-corrected chi connectivity index (χ4v) is 3.89. The van der Waals surface area contributed by atoms with Gasteiger partial charge in [-0.05, 0) is 24.6 Å². The van der Waals surface area contributed by atoms with Gasteiger partial charge in [0, 0.05) is 24.1 Å². The summed E-state index contributed by atoms with van der Waals surface area (Å²) in [5.74, 6) is 0.858. The molecule has 0 aliphatic rings. The van der Waals surface area contributed by atoms with E-state index >= 15 is 0 Å². The topological polar surface area (TPSA) is 116 Å². The van der Waals surface area contributed by atoms with Gasteiger partial charge in [-0.3, -0.25) is 19.5 Å². The third kappa shape index (κ3) is 4.40. The van der Waals surface area contributed by atoms with E-state index in [9.17, 15) is 14.9 Å². The molecule has 0 radical (unpaired) electrons. The summed E-state index contributed by atoms with van der Waals surface area (Å²) in [6, 6.07) is 13.9. The molecule has 32 heavy (non-hydrogen) atoms. The number of aryl methyl sites for hydroxylation is 1. The van der Waals surface area contributed by atoms with Crippen LogP contribution in [0.25, 0.3) is 22.6 Å². The monoisotopic (exact) mass is 449 g/mol. The van der Waals surface area contributed by atoms with Crippen LogP contribution in [0.15, 0.2) is 70.8 Å². The van der Waals surface area contributed by atoms with Crippen LogP contribution in [0.5, 0.6) is 0 Å². The van der Waals surface area contributed by atoms with E-state index in [-0.39, 0.29) is 17.3 Å². The maximum atomic E-state index is 12.5. The number of nitrogens with one attached hydrogen (secondary N) is 1. The van der Waals surface area contributed by atoms with Crippen molar-refractivity contribution in [2.24, 2.45) is 0 Å². The molecule has 162 valence electrons. The first-order chi connectivity index (χ1) is 15.5. The van der Waals surface area contributed by atoms with E-state index in [2.05, 4.69) is 22.1 Å². The third-order valence-corrected chi connectivity index (χ3v) is 5.68. The van der Waals surface area contributed by atoms with Crippen LogP contribution in [0.4, 0.5) is 11.4 Å². The van der Waals surface area contributed by atoms with Crippen LogP contribution < -0.4 is 5.32 Å².